The van der Waals surface area contributed by atoms with E-state index in [1.165, 1.54) is 12.8 Å². The molecule has 1 amide bonds. The van der Waals surface area contributed by atoms with Gasteiger partial charge in [0, 0.05) is 27.8 Å². The first-order chi connectivity index (χ1) is 14.5. The van der Waals surface area contributed by atoms with Crippen LogP contribution < -0.4 is 10.5 Å². The molecule has 0 saturated carbocycles. The molecule has 0 aliphatic carbocycles. The van der Waals surface area contributed by atoms with Gasteiger partial charge in [0.1, 0.15) is 5.82 Å². The second-order valence-corrected chi connectivity index (χ2v) is 8.84. The van der Waals surface area contributed by atoms with Crippen molar-refractivity contribution < 1.29 is 34.0 Å². The second-order valence-electron chi connectivity index (χ2n) is 7.28. The van der Waals surface area contributed by atoms with Crippen LogP contribution >= 0.6 is 13.5 Å². The van der Waals surface area contributed by atoms with Gasteiger partial charge in [-0.25, -0.2) is 26.7 Å². The number of ether oxygens (including phenoxy) is 1. The summed E-state index contributed by atoms with van der Waals surface area (Å²) in [7, 11) is -4.12. The Morgan fingerprint density at radius 2 is 1.81 bits per heavy atom. The fraction of sp³-hybridized carbons (Fsp3) is 0.381. The van der Waals surface area contributed by atoms with E-state index in [9.17, 15) is 26.4 Å². The zero-order valence-electron chi connectivity index (χ0n) is 17.7. The average molecular weight is 497 g/mol. The van der Waals surface area contributed by atoms with Gasteiger partial charge < -0.3 is 10.1 Å². The Bertz CT molecular complexity index is 1050. The summed E-state index contributed by atoms with van der Waals surface area (Å²) < 4.78 is 67.1. The molecule has 3 rings (SSSR count). The Labute approximate surface area is 195 Å². The number of nitrogens with two attached hydrogens (primary N) is 1. The number of carbonyl (C=O) groups excluding carboxylic acids is 1. The number of benzene rings is 2. The summed E-state index contributed by atoms with van der Waals surface area (Å²) in [5, 5.41) is 7.02. The zero-order valence-corrected chi connectivity index (χ0v) is 19.5. The lowest BCUT2D eigenvalue weighted by Crippen LogP contribution is -2.24. The van der Waals surface area contributed by atoms with E-state index in [2.05, 4.69) is 19.2 Å². The standard InChI is InChI=1S/C13H9F3N2O3S.C8H16O.H2S.2H2/c14-10-4-2-8(22(17,20)21)6-9(10)13(19)18-7-1-3-11(15)12(16)5-7;1-3-8-4-5-9-6-7(8)2;;;/h1-6H,(H,18,19)(H2,17,20,21);7-8H,3-6H2,1-2H3;1H2;2*1H. The van der Waals surface area contributed by atoms with Crippen molar-refractivity contribution in [1.82, 2.24) is 0 Å². The topological polar surface area (TPSA) is 98.5 Å². The van der Waals surface area contributed by atoms with Crippen LogP contribution in [0, 0.1) is 29.3 Å². The van der Waals surface area contributed by atoms with Crippen LogP contribution in [0.25, 0.3) is 0 Å². The van der Waals surface area contributed by atoms with E-state index in [0.717, 1.165) is 55.4 Å². The minimum Gasteiger partial charge on any atom is -0.381 e. The van der Waals surface area contributed by atoms with E-state index in [0.29, 0.717) is 6.07 Å². The number of halogens is 3. The quantitative estimate of drug-likeness (QED) is 0.642. The van der Waals surface area contributed by atoms with Gasteiger partial charge in [-0.1, -0.05) is 20.3 Å². The maximum absolute atomic E-state index is 13.6. The van der Waals surface area contributed by atoms with E-state index in [-0.39, 0.29) is 22.0 Å². The Balaban J connectivity index is 0. The predicted molar refractivity (Wildman–Crippen MR) is 125 cm³/mol. The highest BCUT2D eigenvalue weighted by atomic mass is 32.2. The molecular weight excluding hydrogens is 465 g/mol. The Hall–Kier alpha value is -2.08. The molecule has 32 heavy (non-hydrogen) atoms. The molecule has 1 aliphatic rings. The molecule has 1 heterocycles. The predicted octanol–water partition coefficient (Wildman–Crippen LogP) is 4.68. The highest BCUT2D eigenvalue weighted by Gasteiger charge is 2.19. The van der Waals surface area contributed by atoms with Gasteiger partial charge in [-0.05, 0) is 48.6 Å². The van der Waals surface area contributed by atoms with Crippen molar-refractivity contribution >= 4 is 35.1 Å². The van der Waals surface area contributed by atoms with Gasteiger partial charge in [-0.2, -0.15) is 13.5 Å². The number of anilines is 1. The third-order valence-corrected chi connectivity index (χ3v) is 5.94. The van der Waals surface area contributed by atoms with Gasteiger partial charge >= 0.3 is 0 Å². The van der Waals surface area contributed by atoms with Crippen molar-refractivity contribution in [2.75, 3.05) is 18.5 Å². The fourth-order valence-corrected chi connectivity index (χ4v) is 3.70. The number of rotatable bonds is 4. The van der Waals surface area contributed by atoms with Crippen molar-refractivity contribution in [1.29, 1.82) is 0 Å². The Morgan fingerprint density at radius 1 is 1.16 bits per heavy atom. The van der Waals surface area contributed by atoms with Crippen LogP contribution in [0.15, 0.2) is 41.3 Å². The molecule has 11 heteroatoms. The maximum Gasteiger partial charge on any atom is 0.258 e. The molecule has 0 spiro atoms. The summed E-state index contributed by atoms with van der Waals surface area (Å²) in [4.78, 5) is 11.5. The van der Waals surface area contributed by atoms with E-state index in [1.54, 1.807) is 0 Å². The van der Waals surface area contributed by atoms with Crippen molar-refractivity contribution in [3.8, 4) is 0 Å². The Morgan fingerprint density at radius 3 is 2.34 bits per heavy atom. The molecule has 2 atom stereocenters. The molecule has 2 aromatic rings. The van der Waals surface area contributed by atoms with Crippen LogP contribution in [-0.2, 0) is 14.8 Å². The number of hydrogen-bond donors (Lipinski definition) is 2. The molecule has 1 fully saturated rings. The monoisotopic (exact) mass is 496 g/mol. The van der Waals surface area contributed by atoms with Gasteiger partial charge in [0.2, 0.25) is 10.0 Å². The summed E-state index contributed by atoms with van der Waals surface area (Å²) in [6, 6.07) is 4.97. The van der Waals surface area contributed by atoms with Gasteiger partial charge in [-0.3, -0.25) is 4.79 Å². The number of carbonyl (C=O) groups is 1. The lowest BCUT2D eigenvalue weighted by atomic mass is 9.88. The zero-order chi connectivity index (χ0) is 23.2. The fourth-order valence-electron chi connectivity index (χ4n) is 3.16. The lowest BCUT2D eigenvalue weighted by Gasteiger charge is -2.27. The molecule has 2 aromatic carbocycles. The molecule has 1 saturated heterocycles. The summed E-state index contributed by atoms with van der Waals surface area (Å²) in [5.74, 6) is -2.61. The second kappa shape index (κ2) is 12.2. The van der Waals surface area contributed by atoms with E-state index >= 15 is 0 Å². The van der Waals surface area contributed by atoms with Gasteiger partial charge in [0.05, 0.1) is 10.5 Å². The number of nitrogens with one attached hydrogen (secondary N) is 1. The normalized spacial score (nSPS) is 18.1. The van der Waals surface area contributed by atoms with Crippen LogP contribution in [0.5, 0.6) is 0 Å². The molecule has 182 valence electrons. The van der Waals surface area contributed by atoms with Crippen LogP contribution in [0.2, 0.25) is 0 Å². The minimum atomic E-state index is -4.12. The summed E-state index contributed by atoms with van der Waals surface area (Å²) >= 11 is 0. The van der Waals surface area contributed by atoms with Crippen LogP contribution in [0.1, 0.15) is 39.9 Å². The van der Waals surface area contributed by atoms with Gasteiger partial charge in [0.25, 0.3) is 5.91 Å². The van der Waals surface area contributed by atoms with E-state index in [1.807, 2.05) is 0 Å². The van der Waals surface area contributed by atoms with E-state index < -0.39 is 43.8 Å². The van der Waals surface area contributed by atoms with Crippen molar-refractivity contribution in [3.63, 3.8) is 0 Å². The molecule has 0 radical (unpaired) electrons. The molecule has 2 unspecified atom stereocenters. The van der Waals surface area contributed by atoms with Crippen molar-refractivity contribution in [2.24, 2.45) is 17.0 Å². The van der Waals surface area contributed by atoms with Crippen LogP contribution in [-0.4, -0.2) is 27.5 Å². The highest BCUT2D eigenvalue weighted by Crippen LogP contribution is 2.23. The molecule has 0 bridgehead atoms. The van der Waals surface area contributed by atoms with Crippen molar-refractivity contribution in [2.45, 2.75) is 31.6 Å². The SMILES string of the molecule is CCC1CCOCC1C.NS(=O)(=O)c1ccc(F)c(C(=O)Nc2ccc(F)c(F)c2)c1.S.[HH].[HH]. The largest absolute Gasteiger partial charge is 0.381 e. The summed E-state index contributed by atoms with van der Waals surface area (Å²) in [5.41, 5.74) is -0.722. The molecule has 0 aromatic heterocycles. The lowest BCUT2D eigenvalue weighted by molar-refractivity contribution is 0.0232. The van der Waals surface area contributed by atoms with Gasteiger partial charge in [0.15, 0.2) is 11.6 Å². The minimum absolute atomic E-state index is 0. The van der Waals surface area contributed by atoms with Crippen LogP contribution in [0.4, 0.5) is 18.9 Å². The molecular formula is C21H31F3N2O4S2. The Kier molecular flexibility index (Phi) is 10.7. The smallest absolute Gasteiger partial charge is 0.258 e. The highest BCUT2D eigenvalue weighted by molar-refractivity contribution is 7.89. The van der Waals surface area contributed by atoms with Crippen molar-refractivity contribution in [3.05, 3.63) is 59.4 Å². The van der Waals surface area contributed by atoms with Crippen LogP contribution in [0.3, 0.4) is 0 Å². The number of primary sulfonamides is 1. The molecule has 3 N–H and O–H groups in total. The summed E-state index contributed by atoms with van der Waals surface area (Å²) in [6.07, 6.45) is 2.60. The number of amides is 1. The summed E-state index contributed by atoms with van der Waals surface area (Å²) in [6.45, 7) is 6.53. The first-order valence-electron chi connectivity index (χ1n) is 9.69. The average Bonchev–Trinajstić information content (AvgIpc) is 2.71. The molecule has 1 aliphatic heterocycles. The third kappa shape index (κ3) is 7.80. The molecule has 6 nitrogen and oxygen atoms in total. The van der Waals surface area contributed by atoms with E-state index in [4.69, 9.17) is 9.88 Å². The first-order valence-corrected chi connectivity index (χ1v) is 11.2. The third-order valence-electron chi connectivity index (χ3n) is 5.03. The number of sulfonamides is 1. The first kappa shape index (κ1) is 28.0. The van der Waals surface area contributed by atoms with Gasteiger partial charge in [-0.15, -0.1) is 0 Å². The maximum atomic E-state index is 13.6. The number of hydrogen-bond acceptors (Lipinski definition) is 4.